The summed E-state index contributed by atoms with van der Waals surface area (Å²) >= 11 is 0. The zero-order valence-corrected chi connectivity index (χ0v) is 19.7. The molecule has 0 aliphatic carbocycles. The van der Waals surface area contributed by atoms with Crippen LogP contribution in [0.1, 0.15) is 11.1 Å². The summed E-state index contributed by atoms with van der Waals surface area (Å²) in [5, 5.41) is 15.7. The predicted octanol–water partition coefficient (Wildman–Crippen LogP) is 7.07. The lowest BCUT2D eigenvalue weighted by molar-refractivity contribution is 0.169. The quantitative estimate of drug-likeness (QED) is 0.281. The van der Waals surface area contributed by atoms with Gasteiger partial charge in [0.2, 0.25) is 0 Å². The molecule has 0 spiro atoms. The van der Waals surface area contributed by atoms with Crippen molar-refractivity contribution in [3.8, 4) is 22.4 Å². The van der Waals surface area contributed by atoms with Crippen LogP contribution < -0.4 is 5.32 Å². The average molecular weight is 447 g/mol. The molecule has 0 aliphatic heterocycles. The molecule has 1 heterocycles. The highest BCUT2D eigenvalue weighted by atomic mass is 16.3. The van der Waals surface area contributed by atoms with Gasteiger partial charge in [0.1, 0.15) is 0 Å². The van der Waals surface area contributed by atoms with Crippen LogP contribution in [0.3, 0.4) is 0 Å². The summed E-state index contributed by atoms with van der Waals surface area (Å²) in [6.07, 6.45) is -0.553. The number of nitrogens with one attached hydrogen (secondary N) is 1. The predicted molar refractivity (Wildman–Crippen MR) is 143 cm³/mol. The van der Waals surface area contributed by atoms with Gasteiger partial charge in [-0.3, -0.25) is 0 Å². The van der Waals surface area contributed by atoms with Crippen LogP contribution in [0, 0.1) is 13.8 Å². The summed E-state index contributed by atoms with van der Waals surface area (Å²) in [4.78, 5) is 0. The standard InChI is InChI=1S/C31H30N2O/c1-22-18-23(2)30-28(19-22)29(24-12-6-3-7-13-24)31(25-14-8-4-9-15-25)33(30)21-27(34)20-32-26-16-10-5-11-17-26/h3-19,27,32,34H,20-21H2,1-2H3/t27-/m0/s1. The van der Waals surface area contributed by atoms with Crippen LogP contribution in [0.25, 0.3) is 33.3 Å². The molecular formula is C31H30N2O. The molecule has 3 heteroatoms. The van der Waals surface area contributed by atoms with Crippen LogP contribution >= 0.6 is 0 Å². The van der Waals surface area contributed by atoms with Crippen molar-refractivity contribution in [1.82, 2.24) is 4.57 Å². The normalized spacial score (nSPS) is 12.1. The van der Waals surface area contributed by atoms with Gasteiger partial charge in [-0.05, 0) is 48.7 Å². The zero-order chi connectivity index (χ0) is 23.5. The van der Waals surface area contributed by atoms with E-state index in [1.165, 1.54) is 33.2 Å². The third kappa shape index (κ3) is 4.35. The van der Waals surface area contributed by atoms with Gasteiger partial charge in [-0.1, -0.05) is 90.5 Å². The Labute approximate surface area is 201 Å². The number of aliphatic hydroxyl groups is 1. The van der Waals surface area contributed by atoms with Gasteiger partial charge in [0.15, 0.2) is 0 Å². The summed E-state index contributed by atoms with van der Waals surface area (Å²) in [7, 11) is 0. The number of para-hydroxylation sites is 1. The Balaban J connectivity index is 1.67. The summed E-state index contributed by atoms with van der Waals surface area (Å²) in [5.74, 6) is 0. The van der Waals surface area contributed by atoms with E-state index in [1.54, 1.807) is 0 Å². The molecule has 0 aliphatic rings. The molecule has 34 heavy (non-hydrogen) atoms. The van der Waals surface area contributed by atoms with Gasteiger partial charge in [0.25, 0.3) is 0 Å². The van der Waals surface area contributed by atoms with Crippen LogP contribution in [0.2, 0.25) is 0 Å². The topological polar surface area (TPSA) is 37.2 Å². The van der Waals surface area contributed by atoms with E-state index in [9.17, 15) is 5.11 Å². The highest BCUT2D eigenvalue weighted by Crippen LogP contribution is 2.42. The number of rotatable bonds is 7. The number of fused-ring (bicyclic) bond motifs is 1. The second kappa shape index (κ2) is 9.58. The Kier molecular flexibility index (Phi) is 6.20. The van der Waals surface area contributed by atoms with Crippen molar-refractivity contribution in [1.29, 1.82) is 0 Å². The molecule has 0 fully saturated rings. The van der Waals surface area contributed by atoms with E-state index < -0.39 is 6.10 Å². The minimum Gasteiger partial charge on any atom is -0.389 e. The summed E-state index contributed by atoms with van der Waals surface area (Å²) < 4.78 is 2.32. The van der Waals surface area contributed by atoms with Crippen molar-refractivity contribution in [2.45, 2.75) is 26.5 Å². The Hall–Kier alpha value is -3.82. The maximum Gasteiger partial charge on any atom is 0.0891 e. The number of hydrogen-bond donors (Lipinski definition) is 2. The maximum atomic E-state index is 11.1. The first-order valence-electron chi connectivity index (χ1n) is 11.8. The fraction of sp³-hybridized carbons (Fsp3) is 0.161. The van der Waals surface area contributed by atoms with Crippen LogP contribution in [0.5, 0.6) is 0 Å². The molecule has 5 aromatic rings. The van der Waals surface area contributed by atoms with Gasteiger partial charge in [-0.15, -0.1) is 0 Å². The van der Waals surface area contributed by atoms with Crippen LogP contribution in [0.4, 0.5) is 5.69 Å². The molecule has 0 unspecified atom stereocenters. The second-order valence-corrected chi connectivity index (χ2v) is 8.94. The highest BCUT2D eigenvalue weighted by Gasteiger charge is 2.23. The minimum absolute atomic E-state index is 0.476. The largest absolute Gasteiger partial charge is 0.389 e. The number of aryl methyl sites for hydroxylation is 2. The molecule has 0 saturated carbocycles. The lowest BCUT2D eigenvalue weighted by Crippen LogP contribution is -2.25. The van der Waals surface area contributed by atoms with Crippen LogP contribution in [0.15, 0.2) is 103 Å². The number of anilines is 1. The Morgan fingerprint density at radius 1 is 0.765 bits per heavy atom. The Morgan fingerprint density at radius 2 is 1.35 bits per heavy atom. The van der Waals surface area contributed by atoms with Crippen molar-refractivity contribution in [3.05, 3.63) is 114 Å². The molecule has 1 aromatic heterocycles. The maximum absolute atomic E-state index is 11.1. The summed E-state index contributed by atoms with van der Waals surface area (Å²) in [5.41, 5.74) is 9.36. The smallest absolute Gasteiger partial charge is 0.0891 e. The van der Waals surface area contributed by atoms with Crippen molar-refractivity contribution in [3.63, 3.8) is 0 Å². The molecular weight excluding hydrogens is 416 g/mol. The monoisotopic (exact) mass is 446 g/mol. The van der Waals surface area contributed by atoms with E-state index in [-0.39, 0.29) is 0 Å². The third-order valence-electron chi connectivity index (χ3n) is 6.31. The van der Waals surface area contributed by atoms with Crippen molar-refractivity contribution >= 4 is 16.6 Å². The molecule has 4 aromatic carbocycles. The van der Waals surface area contributed by atoms with E-state index in [4.69, 9.17) is 0 Å². The van der Waals surface area contributed by atoms with Gasteiger partial charge in [0.05, 0.1) is 23.9 Å². The third-order valence-corrected chi connectivity index (χ3v) is 6.31. The van der Waals surface area contributed by atoms with Crippen molar-refractivity contribution in [2.24, 2.45) is 0 Å². The minimum atomic E-state index is -0.553. The molecule has 3 nitrogen and oxygen atoms in total. The van der Waals surface area contributed by atoms with E-state index in [0.29, 0.717) is 13.1 Å². The van der Waals surface area contributed by atoms with Crippen LogP contribution in [-0.4, -0.2) is 22.3 Å². The fourth-order valence-electron chi connectivity index (χ4n) is 4.93. The molecule has 0 saturated heterocycles. The first kappa shape index (κ1) is 22.0. The first-order chi connectivity index (χ1) is 16.6. The van der Waals surface area contributed by atoms with Crippen LogP contribution in [-0.2, 0) is 6.54 Å². The zero-order valence-electron chi connectivity index (χ0n) is 19.7. The molecule has 170 valence electrons. The summed E-state index contributed by atoms with van der Waals surface area (Å²) in [6, 6.07) is 35.7. The van der Waals surface area contributed by atoms with E-state index in [1.807, 2.05) is 36.4 Å². The molecule has 2 N–H and O–H groups in total. The highest BCUT2D eigenvalue weighted by molar-refractivity contribution is 6.06. The second-order valence-electron chi connectivity index (χ2n) is 8.94. The van der Waals surface area contributed by atoms with E-state index in [0.717, 1.165) is 16.9 Å². The van der Waals surface area contributed by atoms with E-state index in [2.05, 4.69) is 90.5 Å². The van der Waals surface area contributed by atoms with E-state index >= 15 is 0 Å². The molecule has 0 radical (unpaired) electrons. The van der Waals surface area contributed by atoms with Crippen molar-refractivity contribution in [2.75, 3.05) is 11.9 Å². The van der Waals surface area contributed by atoms with Gasteiger partial charge in [-0.25, -0.2) is 0 Å². The molecule has 1 atom stereocenters. The molecule has 0 bridgehead atoms. The first-order valence-corrected chi connectivity index (χ1v) is 11.8. The SMILES string of the molecule is Cc1cc(C)c2c(c1)c(-c1ccccc1)c(-c1ccccc1)n2C[C@@H](O)CNc1ccccc1. The number of aliphatic hydroxyl groups excluding tert-OH is 1. The van der Waals surface area contributed by atoms with Gasteiger partial charge in [0, 0.05) is 23.2 Å². The van der Waals surface area contributed by atoms with Gasteiger partial charge < -0.3 is 15.0 Å². The summed E-state index contributed by atoms with van der Waals surface area (Å²) in [6.45, 7) is 5.30. The molecule has 5 rings (SSSR count). The van der Waals surface area contributed by atoms with Gasteiger partial charge >= 0.3 is 0 Å². The van der Waals surface area contributed by atoms with Gasteiger partial charge in [-0.2, -0.15) is 0 Å². The van der Waals surface area contributed by atoms with Crippen molar-refractivity contribution < 1.29 is 5.11 Å². The fourth-order valence-corrected chi connectivity index (χ4v) is 4.93. The number of aromatic nitrogens is 1. The Morgan fingerprint density at radius 3 is 2.00 bits per heavy atom. The number of nitrogens with zero attached hydrogens (tertiary/aromatic N) is 1. The average Bonchev–Trinajstić information content (AvgIpc) is 3.18. The number of hydrogen-bond acceptors (Lipinski definition) is 2. The lowest BCUT2D eigenvalue weighted by atomic mass is 9.97. The molecule has 0 amide bonds. The number of benzene rings is 4. The lowest BCUT2D eigenvalue weighted by Gasteiger charge is -2.18. The Bertz CT molecular complexity index is 1390.